The van der Waals surface area contributed by atoms with Crippen LogP contribution >= 0.6 is 11.6 Å². The monoisotopic (exact) mass is 290 g/mol. The lowest BCUT2D eigenvalue weighted by Gasteiger charge is -2.29. The Morgan fingerprint density at radius 3 is 2.75 bits per heavy atom. The number of aromatic nitrogens is 1. The Morgan fingerprint density at radius 2 is 2.05 bits per heavy atom. The molecule has 1 aromatic heterocycles. The zero-order valence-electron chi connectivity index (χ0n) is 11.2. The Morgan fingerprint density at radius 1 is 1.30 bits per heavy atom. The Balaban J connectivity index is 2.17. The van der Waals surface area contributed by atoms with E-state index in [1.807, 2.05) is 25.1 Å². The van der Waals surface area contributed by atoms with Crippen molar-refractivity contribution in [3.8, 4) is 0 Å². The predicted octanol–water partition coefficient (Wildman–Crippen LogP) is 2.85. The third-order valence-electron chi connectivity index (χ3n) is 3.52. The summed E-state index contributed by atoms with van der Waals surface area (Å²) in [5.74, 6) is 0.737. The van der Waals surface area contributed by atoms with Crippen LogP contribution in [0.25, 0.3) is 10.9 Å². The standard InChI is InChI=1S/C15H15ClN2O2/c1-10-6-13(16)8-11-7-12(9-19)15(17-14(10)11)18-2-4-20-5-3-18/h6-9H,2-5H2,1H3. The van der Waals surface area contributed by atoms with Gasteiger partial charge in [0, 0.05) is 23.5 Å². The SMILES string of the molecule is Cc1cc(Cl)cc2cc(C=O)c(N3CCOCC3)nc12. The van der Waals surface area contributed by atoms with E-state index in [2.05, 4.69) is 4.90 Å². The molecular formula is C15H15ClN2O2. The minimum Gasteiger partial charge on any atom is -0.378 e. The molecule has 3 rings (SSSR count). The van der Waals surface area contributed by atoms with E-state index in [4.69, 9.17) is 21.3 Å². The van der Waals surface area contributed by atoms with Crippen LogP contribution in [0.15, 0.2) is 18.2 Å². The van der Waals surface area contributed by atoms with Gasteiger partial charge in [-0.2, -0.15) is 0 Å². The molecule has 0 amide bonds. The molecule has 20 heavy (non-hydrogen) atoms. The molecule has 1 saturated heterocycles. The van der Waals surface area contributed by atoms with Crippen LogP contribution in [0, 0.1) is 6.92 Å². The molecule has 0 N–H and O–H groups in total. The second kappa shape index (κ2) is 5.38. The minimum atomic E-state index is 0.598. The number of anilines is 1. The van der Waals surface area contributed by atoms with E-state index in [-0.39, 0.29) is 0 Å². The maximum Gasteiger partial charge on any atom is 0.153 e. The van der Waals surface area contributed by atoms with Crippen molar-refractivity contribution in [3.63, 3.8) is 0 Å². The molecule has 2 heterocycles. The van der Waals surface area contributed by atoms with Gasteiger partial charge in [0.05, 0.1) is 24.3 Å². The van der Waals surface area contributed by atoms with Crippen LogP contribution in [0.3, 0.4) is 0 Å². The first-order valence-corrected chi connectivity index (χ1v) is 6.95. The number of fused-ring (bicyclic) bond motifs is 1. The Bertz CT molecular complexity index is 666. The van der Waals surface area contributed by atoms with Gasteiger partial charge >= 0.3 is 0 Å². The highest BCUT2D eigenvalue weighted by Gasteiger charge is 2.17. The van der Waals surface area contributed by atoms with Crippen LogP contribution in [0.1, 0.15) is 15.9 Å². The lowest BCUT2D eigenvalue weighted by atomic mass is 10.1. The minimum absolute atomic E-state index is 0.598. The van der Waals surface area contributed by atoms with Gasteiger partial charge in [-0.3, -0.25) is 4.79 Å². The highest BCUT2D eigenvalue weighted by Crippen LogP contribution is 2.27. The third kappa shape index (κ3) is 2.37. The number of hydrogen-bond donors (Lipinski definition) is 0. The topological polar surface area (TPSA) is 42.4 Å². The molecule has 1 aliphatic rings. The van der Waals surface area contributed by atoms with E-state index in [1.165, 1.54) is 0 Å². The van der Waals surface area contributed by atoms with E-state index in [9.17, 15) is 4.79 Å². The number of benzene rings is 1. The number of morpholine rings is 1. The van der Waals surface area contributed by atoms with E-state index < -0.39 is 0 Å². The molecule has 0 spiro atoms. The number of aldehydes is 1. The molecule has 0 bridgehead atoms. The van der Waals surface area contributed by atoms with Crippen molar-refractivity contribution in [3.05, 3.63) is 34.3 Å². The van der Waals surface area contributed by atoms with Crippen molar-refractivity contribution < 1.29 is 9.53 Å². The van der Waals surface area contributed by atoms with Gasteiger partial charge in [0.1, 0.15) is 5.82 Å². The largest absolute Gasteiger partial charge is 0.378 e. The molecule has 4 nitrogen and oxygen atoms in total. The number of carbonyl (C=O) groups is 1. The van der Waals surface area contributed by atoms with Gasteiger partial charge < -0.3 is 9.64 Å². The second-order valence-electron chi connectivity index (χ2n) is 4.91. The summed E-state index contributed by atoms with van der Waals surface area (Å²) in [6, 6.07) is 5.59. The summed E-state index contributed by atoms with van der Waals surface area (Å²) in [5.41, 5.74) is 2.50. The van der Waals surface area contributed by atoms with Crippen LogP contribution in [-0.4, -0.2) is 37.6 Å². The van der Waals surface area contributed by atoms with Gasteiger partial charge in [0.15, 0.2) is 6.29 Å². The van der Waals surface area contributed by atoms with Crippen molar-refractivity contribution >= 4 is 34.6 Å². The highest BCUT2D eigenvalue weighted by atomic mass is 35.5. The molecule has 104 valence electrons. The van der Waals surface area contributed by atoms with Gasteiger partial charge in [0.25, 0.3) is 0 Å². The quantitative estimate of drug-likeness (QED) is 0.798. The fourth-order valence-electron chi connectivity index (χ4n) is 2.54. The molecule has 0 radical (unpaired) electrons. The molecular weight excluding hydrogens is 276 g/mol. The van der Waals surface area contributed by atoms with E-state index in [0.29, 0.717) is 23.8 Å². The average Bonchev–Trinajstić information content (AvgIpc) is 2.46. The first-order chi connectivity index (χ1) is 9.69. The van der Waals surface area contributed by atoms with Gasteiger partial charge in [-0.25, -0.2) is 4.98 Å². The first kappa shape index (κ1) is 13.3. The van der Waals surface area contributed by atoms with E-state index in [1.54, 1.807) is 0 Å². The van der Waals surface area contributed by atoms with Crippen LogP contribution in [0.2, 0.25) is 5.02 Å². The summed E-state index contributed by atoms with van der Waals surface area (Å²) in [7, 11) is 0. The number of carbonyl (C=O) groups excluding carboxylic acids is 1. The van der Waals surface area contributed by atoms with Gasteiger partial charge in [-0.15, -0.1) is 0 Å². The molecule has 1 aliphatic heterocycles. The maximum absolute atomic E-state index is 11.4. The van der Waals surface area contributed by atoms with Gasteiger partial charge in [0.2, 0.25) is 0 Å². The molecule has 0 saturated carbocycles. The summed E-state index contributed by atoms with van der Waals surface area (Å²) in [4.78, 5) is 18.1. The lowest BCUT2D eigenvalue weighted by molar-refractivity contribution is 0.111. The zero-order valence-corrected chi connectivity index (χ0v) is 12.0. The number of halogens is 1. The molecule has 0 aliphatic carbocycles. The molecule has 1 fully saturated rings. The van der Waals surface area contributed by atoms with E-state index in [0.717, 1.165) is 41.7 Å². The first-order valence-electron chi connectivity index (χ1n) is 6.58. The fraction of sp³-hybridized carbons (Fsp3) is 0.333. The average molecular weight is 291 g/mol. The number of aryl methyl sites for hydroxylation is 1. The van der Waals surface area contributed by atoms with Crippen LogP contribution in [0.4, 0.5) is 5.82 Å². The number of nitrogens with zero attached hydrogens (tertiary/aromatic N) is 2. The normalized spacial score (nSPS) is 15.6. The van der Waals surface area contributed by atoms with Gasteiger partial charge in [-0.05, 0) is 30.7 Å². The van der Waals surface area contributed by atoms with Crippen molar-refractivity contribution in [2.24, 2.45) is 0 Å². The number of hydrogen-bond acceptors (Lipinski definition) is 4. The Labute approximate surface area is 122 Å². The number of ether oxygens (including phenoxy) is 1. The van der Waals surface area contributed by atoms with Crippen LogP contribution < -0.4 is 4.90 Å². The zero-order chi connectivity index (χ0) is 14.1. The number of rotatable bonds is 2. The fourth-order valence-corrected chi connectivity index (χ4v) is 2.82. The summed E-state index contributed by atoms with van der Waals surface area (Å²) < 4.78 is 5.35. The molecule has 0 unspecified atom stereocenters. The molecule has 2 aromatic rings. The molecule has 1 aromatic carbocycles. The van der Waals surface area contributed by atoms with Gasteiger partial charge in [-0.1, -0.05) is 11.6 Å². The molecule has 0 atom stereocenters. The highest BCUT2D eigenvalue weighted by molar-refractivity contribution is 6.31. The van der Waals surface area contributed by atoms with Crippen molar-refractivity contribution in [2.75, 3.05) is 31.2 Å². The van der Waals surface area contributed by atoms with Crippen molar-refractivity contribution in [1.29, 1.82) is 0 Å². The van der Waals surface area contributed by atoms with Crippen molar-refractivity contribution in [1.82, 2.24) is 4.98 Å². The summed E-state index contributed by atoms with van der Waals surface area (Å²) in [6.07, 6.45) is 0.855. The Hall–Kier alpha value is -1.65. The van der Waals surface area contributed by atoms with Crippen LogP contribution in [-0.2, 0) is 4.74 Å². The summed E-state index contributed by atoms with van der Waals surface area (Å²) in [5, 5.41) is 1.56. The van der Waals surface area contributed by atoms with Crippen molar-refractivity contribution in [2.45, 2.75) is 6.92 Å². The second-order valence-corrected chi connectivity index (χ2v) is 5.35. The third-order valence-corrected chi connectivity index (χ3v) is 3.74. The summed E-state index contributed by atoms with van der Waals surface area (Å²) >= 11 is 6.06. The number of pyridine rings is 1. The summed E-state index contributed by atoms with van der Waals surface area (Å²) in [6.45, 7) is 4.82. The maximum atomic E-state index is 11.4. The molecule has 5 heteroatoms. The van der Waals surface area contributed by atoms with E-state index >= 15 is 0 Å². The smallest absolute Gasteiger partial charge is 0.153 e. The van der Waals surface area contributed by atoms with Crippen LogP contribution in [0.5, 0.6) is 0 Å². The Kier molecular flexibility index (Phi) is 3.59. The lowest BCUT2D eigenvalue weighted by Crippen LogP contribution is -2.37. The predicted molar refractivity (Wildman–Crippen MR) is 79.9 cm³/mol.